The maximum atomic E-state index is 12.6. The fourth-order valence-corrected chi connectivity index (χ4v) is 2.20. The molecule has 0 radical (unpaired) electrons. The van der Waals surface area contributed by atoms with Gasteiger partial charge in [0.1, 0.15) is 6.67 Å². The molecule has 5 nitrogen and oxygen atoms in total. The van der Waals surface area contributed by atoms with Crippen LogP contribution in [0.3, 0.4) is 0 Å². The number of para-hydroxylation sites is 1. The number of nitrogens with one attached hydrogen (secondary N) is 1. The molecule has 0 atom stereocenters. The SMILES string of the molecule is NCCc1nnc(-c2ccccc2Nc2ccc(CF)cc2)o1. The second-order valence-corrected chi connectivity index (χ2v) is 5.04. The number of halogens is 1. The third kappa shape index (κ3) is 3.54. The van der Waals surface area contributed by atoms with E-state index in [0.717, 1.165) is 16.9 Å². The van der Waals surface area contributed by atoms with E-state index in [4.69, 9.17) is 10.2 Å². The smallest absolute Gasteiger partial charge is 0.249 e. The van der Waals surface area contributed by atoms with Gasteiger partial charge in [-0.15, -0.1) is 10.2 Å². The number of nitrogens with two attached hydrogens (primary N) is 1. The van der Waals surface area contributed by atoms with E-state index in [-0.39, 0.29) is 0 Å². The van der Waals surface area contributed by atoms with Crippen molar-refractivity contribution in [3.63, 3.8) is 0 Å². The van der Waals surface area contributed by atoms with E-state index in [1.54, 1.807) is 12.1 Å². The normalized spacial score (nSPS) is 10.7. The van der Waals surface area contributed by atoms with E-state index in [0.29, 0.717) is 30.3 Å². The zero-order valence-corrected chi connectivity index (χ0v) is 12.5. The van der Waals surface area contributed by atoms with Crippen molar-refractivity contribution in [2.45, 2.75) is 13.1 Å². The summed E-state index contributed by atoms with van der Waals surface area (Å²) in [7, 11) is 0. The van der Waals surface area contributed by atoms with E-state index in [1.165, 1.54) is 0 Å². The first kappa shape index (κ1) is 15.2. The monoisotopic (exact) mass is 312 g/mol. The minimum Gasteiger partial charge on any atom is -0.421 e. The van der Waals surface area contributed by atoms with E-state index in [1.807, 2.05) is 36.4 Å². The summed E-state index contributed by atoms with van der Waals surface area (Å²) >= 11 is 0. The Kier molecular flexibility index (Phi) is 4.63. The van der Waals surface area contributed by atoms with E-state index in [2.05, 4.69) is 15.5 Å². The highest BCUT2D eigenvalue weighted by molar-refractivity contribution is 5.76. The Hall–Kier alpha value is -2.73. The van der Waals surface area contributed by atoms with Crippen LogP contribution in [0.5, 0.6) is 0 Å². The summed E-state index contributed by atoms with van der Waals surface area (Å²) in [4.78, 5) is 0. The average Bonchev–Trinajstić information content (AvgIpc) is 3.05. The molecule has 0 aliphatic rings. The summed E-state index contributed by atoms with van der Waals surface area (Å²) in [6.07, 6.45) is 0.549. The van der Waals surface area contributed by atoms with Gasteiger partial charge in [0.25, 0.3) is 0 Å². The molecule has 118 valence electrons. The Balaban J connectivity index is 1.87. The Morgan fingerprint density at radius 3 is 2.57 bits per heavy atom. The first-order chi connectivity index (χ1) is 11.3. The third-order valence-corrected chi connectivity index (χ3v) is 3.37. The molecule has 1 aromatic heterocycles. The zero-order chi connectivity index (χ0) is 16.1. The molecule has 0 amide bonds. The number of rotatable bonds is 6. The second kappa shape index (κ2) is 7.02. The first-order valence-corrected chi connectivity index (χ1v) is 7.34. The van der Waals surface area contributed by atoms with Gasteiger partial charge in [-0.2, -0.15) is 0 Å². The predicted octanol–water partition coefficient (Wildman–Crippen LogP) is 3.45. The summed E-state index contributed by atoms with van der Waals surface area (Å²) in [5.41, 5.74) is 8.64. The molecule has 0 unspecified atom stereocenters. The van der Waals surface area contributed by atoms with Gasteiger partial charge in [0.2, 0.25) is 11.8 Å². The summed E-state index contributed by atoms with van der Waals surface area (Å²) < 4.78 is 18.2. The van der Waals surface area contributed by atoms with Crippen LogP contribution in [-0.2, 0) is 13.1 Å². The standard InChI is InChI=1S/C17H17FN4O/c18-11-12-5-7-13(8-6-12)20-15-4-2-1-3-14(15)17-22-21-16(23-17)9-10-19/h1-8,20H,9-11,19H2. The van der Waals surface area contributed by atoms with Crippen LogP contribution in [0.25, 0.3) is 11.5 Å². The molecule has 0 aliphatic heterocycles. The number of alkyl halides is 1. The van der Waals surface area contributed by atoms with Crippen molar-refractivity contribution in [2.24, 2.45) is 5.73 Å². The highest BCUT2D eigenvalue weighted by Gasteiger charge is 2.12. The average molecular weight is 312 g/mol. The maximum absolute atomic E-state index is 12.6. The number of hydrogen-bond acceptors (Lipinski definition) is 5. The molecular weight excluding hydrogens is 295 g/mol. The lowest BCUT2D eigenvalue weighted by molar-refractivity contribution is 0.485. The molecular formula is C17H17FN4O. The highest BCUT2D eigenvalue weighted by Crippen LogP contribution is 2.29. The zero-order valence-electron chi connectivity index (χ0n) is 12.5. The first-order valence-electron chi connectivity index (χ1n) is 7.34. The Morgan fingerprint density at radius 2 is 1.83 bits per heavy atom. The largest absolute Gasteiger partial charge is 0.421 e. The van der Waals surface area contributed by atoms with Crippen molar-refractivity contribution < 1.29 is 8.81 Å². The summed E-state index contributed by atoms with van der Waals surface area (Å²) in [5, 5.41) is 11.3. The van der Waals surface area contributed by atoms with Crippen LogP contribution in [0.4, 0.5) is 15.8 Å². The molecule has 0 saturated carbocycles. The Bertz CT molecular complexity index is 770. The molecule has 0 spiro atoms. The van der Waals surface area contributed by atoms with Crippen molar-refractivity contribution in [1.29, 1.82) is 0 Å². The number of hydrogen-bond donors (Lipinski definition) is 2. The fourth-order valence-electron chi connectivity index (χ4n) is 2.20. The van der Waals surface area contributed by atoms with Crippen molar-refractivity contribution in [3.8, 4) is 11.5 Å². The van der Waals surface area contributed by atoms with Gasteiger partial charge >= 0.3 is 0 Å². The van der Waals surface area contributed by atoms with Crippen LogP contribution in [0.2, 0.25) is 0 Å². The van der Waals surface area contributed by atoms with E-state index < -0.39 is 6.67 Å². The predicted molar refractivity (Wildman–Crippen MR) is 87.0 cm³/mol. The van der Waals surface area contributed by atoms with Crippen molar-refractivity contribution in [1.82, 2.24) is 10.2 Å². The van der Waals surface area contributed by atoms with Crippen LogP contribution in [0.15, 0.2) is 52.9 Å². The van der Waals surface area contributed by atoms with Gasteiger partial charge in [0, 0.05) is 18.7 Å². The highest BCUT2D eigenvalue weighted by atomic mass is 19.1. The number of anilines is 2. The molecule has 3 aromatic rings. The number of nitrogens with zero attached hydrogens (tertiary/aromatic N) is 2. The second-order valence-electron chi connectivity index (χ2n) is 5.04. The van der Waals surface area contributed by atoms with Gasteiger partial charge < -0.3 is 15.5 Å². The van der Waals surface area contributed by atoms with Gasteiger partial charge in [-0.1, -0.05) is 24.3 Å². The number of aromatic nitrogens is 2. The van der Waals surface area contributed by atoms with Crippen LogP contribution >= 0.6 is 0 Å². The van der Waals surface area contributed by atoms with E-state index in [9.17, 15) is 4.39 Å². The third-order valence-electron chi connectivity index (χ3n) is 3.37. The van der Waals surface area contributed by atoms with Crippen LogP contribution in [0.1, 0.15) is 11.5 Å². The molecule has 3 rings (SSSR count). The van der Waals surface area contributed by atoms with Crippen molar-refractivity contribution >= 4 is 11.4 Å². The lowest BCUT2D eigenvalue weighted by Crippen LogP contribution is -2.02. The molecule has 1 heterocycles. The molecule has 0 aliphatic carbocycles. The molecule has 3 N–H and O–H groups in total. The van der Waals surface area contributed by atoms with Gasteiger partial charge in [0.05, 0.1) is 11.3 Å². The lowest BCUT2D eigenvalue weighted by atomic mass is 10.1. The molecule has 0 saturated heterocycles. The molecule has 0 bridgehead atoms. The van der Waals surface area contributed by atoms with Crippen molar-refractivity contribution in [2.75, 3.05) is 11.9 Å². The lowest BCUT2D eigenvalue weighted by Gasteiger charge is -2.10. The minimum atomic E-state index is -0.469. The Morgan fingerprint density at radius 1 is 1.04 bits per heavy atom. The number of benzene rings is 2. The molecule has 2 aromatic carbocycles. The minimum absolute atomic E-state index is 0.442. The maximum Gasteiger partial charge on any atom is 0.249 e. The fraction of sp³-hybridized carbons (Fsp3) is 0.176. The summed E-state index contributed by atoms with van der Waals surface area (Å²) in [6.45, 7) is -0.00871. The topological polar surface area (TPSA) is 77.0 Å². The van der Waals surface area contributed by atoms with Gasteiger partial charge in [-0.25, -0.2) is 4.39 Å². The summed E-state index contributed by atoms with van der Waals surface area (Å²) in [5.74, 6) is 0.960. The van der Waals surface area contributed by atoms with Crippen LogP contribution < -0.4 is 11.1 Å². The van der Waals surface area contributed by atoms with Crippen LogP contribution in [-0.4, -0.2) is 16.7 Å². The summed E-state index contributed by atoms with van der Waals surface area (Å²) in [6, 6.07) is 14.8. The molecule has 6 heteroatoms. The van der Waals surface area contributed by atoms with Gasteiger partial charge in [-0.05, 0) is 29.8 Å². The Labute approximate surface area is 133 Å². The van der Waals surface area contributed by atoms with Crippen LogP contribution in [0, 0.1) is 0 Å². The van der Waals surface area contributed by atoms with Gasteiger partial charge in [-0.3, -0.25) is 0 Å². The van der Waals surface area contributed by atoms with Gasteiger partial charge in [0.15, 0.2) is 0 Å². The van der Waals surface area contributed by atoms with Crippen molar-refractivity contribution in [3.05, 3.63) is 60.0 Å². The molecule has 0 fully saturated rings. The van der Waals surface area contributed by atoms with E-state index >= 15 is 0 Å². The quantitative estimate of drug-likeness (QED) is 0.729. The molecule has 23 heavy (non-hydrogen) atoms.